The number of Topliss-reactive ketones (excluding diaryl/α,β-unsaturated/α-hetero) is 1. The number of ketones is 1. The van der Waals surface area contributed by atoms with E-state index in [9.17, 15) is 14.4 Å². The number of rotatable bonds is 6. The van der Waals surface area contributed by atoms with Gasteiger partial charge in [0.1, 0.15) is 6.04 Å². The largest absolute Gasteiger partial charge is 0.456 e. The molecule has 1 heterocycles. The first-order valence-electron chi connectivity index (χ1n) is 8.10. The van der Waals surface area contributed by atoms with Crippen LogP contribution in [0.5, 0.6) is 11.5 Å². The quantitative estimate of drug-likeness (QED) is 0.603. The molecule has 0 radical (unpaired) electrons. The Morgan fingerprint density at radius 2 is 1.89 bits per heavy atom. The van der Waals surface area contributed by atoms with Crippen LogP contribution >= 0.6 is 11.6 Å². The molecule has 8 heteroatoms. The van der Waals surface area contributed by atoms with Gasteiger partial charge in [-0.1, -0.05) is 23.7 Å². The lowest BCUT2D eigenvalue weighted by atomic mass is 10.1. The Bertz CT molecular complexity index is 898. The fourth-order valence-corrected chi connectivity index (χ4v) is 2.62. The number of halogens is 1. The summed E-state index contributed by atoms with van der Waals surface area (Å²) in [4.78, 5) is 36.4. The van der Waals surface area contributed by atoms with E-state index in [1.165, 1.54) is 13.0 Å². The third-order valence-electron chi connectivity index (χ3n) is 3.86. The van der Waals surface area contributed by atoms with Gasteiger partial charge >= 0.3 is 5.97 Å². The minimum atomic E-state index is -0.946. The van der Waals surface area contributed by atoms with Gasteiger partial charge in [-0.2, -0.15) is 0 Å². The smallest absolute Gasteiger partial charge is 0.328 e. The molecule has 1 atom stereocenters. The Morgan fingerprint density at radius 1 is 1.15 bits per heavy atom. The molecule has 0 aromatic heterocycles. The van der Waals surface area contributed by atoms with Crippen LogP contribution in [-0.4, -0.2) is 37.1 Å². The van der Waals surface area contributed by atoms with E-state index in [2.05, 4.69) is 5.32 Å². The summed E-state index contributed by atoms with van der Waals surface area (Å²) in [6, 6.07) is 10.2. The van der Waals surface area contributed by atoms with Gasteiger partial charge in [-0.3, -0.25) is 9.59 Å². The number of benzene rings is 2. The molecule has 0 saturated heterocycles. The summed E-state index contributed by atoms with van der Waals surface area (Å²) >= 11 is 5.95. The van der Waals surface area contributed by atoms with Crippen molar-refractivity contribution in [2.45, 2.75) is 13.0 Å². The van der Waals surface area contributed by atoms with Crippen molar-refractivity contribution in [2.75, 3.05) is 13.4 Å². The van der Waals surface area contributed by atoms with Gasteiger partial charge in [0, 0.05) is 5.56 Å². The molecule has 0 bridgehead atoms. The summed E-state index contributed by atoms with van der Waals surface area (Å²) in [6.45, 7) is 1.11. The molecule has 27 heavy (non-hydrogen) atoms. The first kappa shape index (κ1) is 18.7. The Labute approximate surface area is 160 Å². The maximum absolute atomic E-state index is 12.2. The highest BCUT2D eigenvalue weighted by molar-refractivity contribution is 6.33. The van der Waals surface area contributed by atoms with Crippen LogP contribution in [0.25, 0.3) is 0 Å². The lowest BCUT2D eigenvalue weighted by molar-refractivity contribution is -0.144. The van der Waals surface area contributed by atoms with E-state index in [0.717, 1.165) is 0 Å². The van der Waals surface area contributed by atoms with E-state index in [1.807, 2.05) is 0 Å². The molecule has 1 amide bonds. The van der Waals surface area contributed by atoms with Crippen molar-refractivity contribution >= 4 is 29.3 Å². The van der Waals surface area contributed by atoms with Crippen LogP contribution in [0.15, 0.2) is 42.5 Å². The Kier molecular flexibility index (Phi) is 5.61. The lowest BCUT2D eigenvalue weighted by Crippen LogP contribution is -2.40. The topological polar surface area (TPSA) is 90.9 Å². The fourth-order valence-electron chi connectivity index (χ4n) is 2.39. The van der Waals surface area contributed by atoms with E-state index >= 15 is 0 Å². The molecule has 1 aliphatic rings. The van der Waals surface area contributed by atoms with Gasteiger partial charge in [-0.05, 0) is 37.3 Å². The Hall–Kier alpha value is -3.06. The molecular formula is C19H16ClNO6. The molecule has 1 unspecified atom stereocenters. The molecule has 1 aliphatic heterocycles. The van der Waals surface area contributed by atoms with Crippen LogP contribution < -0.4 is 14.8 Å². The van der Waals surface area contributed by atoms with Crippen molar-refractivity contribution in [3.8, 4) is 11.5 Å². The number of esters is 1. The summed E-state index contributed by atoms with van der Waals surface area (Å²) in [5.74, 6) is -0.616. The Morgan fingerprint density at radius 3 is 2.67 bits per heavy atom. The van der Waals surface area contributed by atoms with Crippen molar-refractivity contribution in [1.29, 1.82) is 0 Å². The van der Waals surface area contributed by atoms with Gasteiger partial charge in [-0.25, -0.2) is 4.79 Å². The fraction of sp³-hybridized carbons (Fsp3) is 0.211. The summed E-state index contributed by atoms with van der Waals surface area (Å²) < 4.78 is 15.4. The molecule has 0 fully saturated rings. The monoisotopic (exact) mass is 389 g/mol. The predicted octanol–water partition coefficient (Wildman–Crippen LogP) is 2.61. The number of fused-ring (bicyclic) bond motifs is 1. The minimum Gasteiger partial charge on any atom is -0.456 e. The van der Waals surface area contributed by atoms with Crippen LogP contribution in [0.1, 0.15) is 27.6 Å². The molecule has 7 nitrogen and oxygen atoms in total. The van der Waals surface area contributed by atoms with Crippen molar-refractivity contribution in [3.63, 3.8) is 0 Å². The summed E-state index contributed by atoms with van der Waals surface area (Å²) in [5.41, 5.74) is 0.579. The number of carbonyl (C=O) groups excluding carboxylic acids is 3. The summed E-state index contributed by atoms with van der Waals surface area (Å²) in [5, 5.41) is 2.76. The summed E-state index contributed by atoms with van der Waals surface area (Å²) in [6.07, 6.45) is 0. The molecule has 2 aromatic carbocycles. The maximum Gasteiger partial charge on any atom is 0.328 e. The number of carbonyl (C=O) groups is 3. The SMILES string of the molecule is CC(NC(=O)c1ccccc1Cl)C(=O)OCC(=O)c1ccc2c(c1)OCO2. The second-order valence-corrected chi connectivity index (χ2v) is 6.18. The third-order valence-corrected chi connectivity index (χ3v) is 4.19. The number of amides is 1. The Balaban J connectivity index is 1.53. The van der Waals surface area contributed by atoms with Crippen molar-refractivity contribution < 1.29 is 28.6 Å². The first-order valence-corrected chi connectivity index (χ1v) is 8.48. The molecule has 140 valence electrons. The number of ether oxygens (including phenoxy) is 3. The molecular weight excluding hydrogens is 374 g/mol. The minimum absolute atomic E-state index is 0.102. The number of hydrogen-bond donors (Lipinski definition) is 1. The molecule has 0 spiro atoms. The van der Waals surface area contributed by atoms with Gasteiger partial charge in [0.25, 0.3) is 5.91 Å². The van der Waals surface area contributed by atoms with Crippen molar-refractivity contribution in [1.82, 2.24) is 5.32 Å². The van der Waals surface area contributed by atoms with Gasteiger partial charge in [0.15, 0.2) is 23.9 Å². The molecule has 3 rings (SSSR count). The zero-order valence-corrected chi connectivity index (χ0v) is 15.1. The average Bonchev–Trinajstić information content (AvgIpc) is 3.13. The van der Waals surface area contributed by atoms with Crippen LogP contribution in [-0.2, 0) is 9.53 Å². The van der Waals surface area contributed by atoms with Crippen LogP contribution in [0.3, 0.4) is 0 Å². The van der Waals surface area contributed by atoms with Gasteiger partial charge < -0.3 is 19.5 Å². The number of nitrogens with one attached hydrogen (secondary N) is 1. The highest BCUT2D eigenvalue weighted by Gasteiger charge is 2.21. The first-order chi connectivity index (χ1) is 13.0. The van der Waals surface area contributed by atoms with E-state index in [4.69, 9.17) is 25.8 Å². The highest BCUT2D eigenvalue weighted by Crippen LogP contribution is 2.32. The van der Waals surface area contributed by atoms with Gasteiger partial charge in [-0.15, -0.1) is 0 Å². The lowest BCUT2D eigenvalue weighted by Gasteiger charge is -2.13. The van der Waals surface area contributed by atoms with Gasteiger partial charge in [0.2, 0.25) is 6.79 Å². The molecule has 2 aromatic rings. The standard InChI is InChI=1S/C19H16ClNO6/c1-11(21-18(23)13-4-2-3-5-14(13)20)19(24)25-9-15(22)12-6-7-16-17(8-12)27-10-26-16/h2-8,11H,9-10H2,1H3,(H,21,23). The second kappa shape index (κ2) is 8.09. The molecule has 0 aliphatic carbocycles. The van der Waals surface area contributed by atoms with E-state index in [-0.39, 0.29) is 17.4 Å². The van der Waals surface area contributed by atoms with Gasteiger partial charge in [0.05, 0.1) is 10.6 Å². The average molecular weight is 390 g/mol. The summed E-state index contributed by atoms with van der Waals surface area (Å²) in [7, 11) is 0. The molecule has 0 saturated carbocycles. The van der Waals surface area contributed by atoms with Crippen molar-refractivity contribution in [2.24, 2.45) is 0 Å². The van der Waals surface area contributed by atoms with E-state index in [0.29, 0.717) is 17.1 Å². The zero-order chi connectivity index (χ0) is 19.4. The van der Waals surface area contributed by atoms with E-state index < -0.39 is 30.3 Å². The van der Waals surface area contributed by atoms with Crippen LogP contribution in [0.4, 0.5) is 0 Å². The predicted molar refractivity (Wildman–Crippen MR) is 96.2 cm³/mol. The zero-order valence-electron chi connectivity index (χ0n) is 14.4. The normalized spacial score (nSPS) is 13.0. The van der Waals surface area contributed by atoms with Crippen LogP contribution in [0.2, 0.25) is 5.02 Å². The van der Waals surface area contributed by atoms with Crippen LogP contribution in [0, 0.1) is 0 Å². The maximum atomic E-state index is 12.2. The van der Waals surface area contributed by atoms with E-state index in [1.54, 1.807) is 36.4 Å². The second-order valence-electron chi connectivity index (χ2n) is 5.77. The van der Waals surface area contributed by atoms with Crippen molar-refractivity contribution in [3.05, 3.63) is 58.6 Å². The third kappa shape index (κ3) is 4.38. The molecule has 1 N–H and O–H groups in total. The number of hydrogen-bond acceptors (Lipinski definition) is 6. The highest BCUT2D eigenvalue weighted by atomic mass is 35.5.